The van der Waals surface area contributed by atoms with Gasteiger partial charge >= 0.3 is 156 Å². The number of likely N-dealkylation sites (tertiary alicyclic amines) is 2. The topological polar surface area (TPSA) is 530 Å². The summed E-state index contributed by atoms with van der Waals surface area (Å²) in [5.74, 6) is -0.244. The molecule has 2 aromatic carbocycles. The van der Waals surface area contributed by atoms with Crippen LogP contribution in [0.4, 0.5) is 5.82 Å². The summed E-state index contributed by atoms with van der Waals surface area (Å²) in [6, 6.07) is 25.4. The number of halogens is 5. The summed E-state index contributed by atoms with van der Waals surface area (Å²) in [6.07, 6.45) is 17.9. The van der Waals surface area contributed by atoms with Crippen molar-refractivity contribution < 1.29 is 228 Å². The third-order valence-electron chi connectivity index (χ3n) is 14.1. The number of aliphatic hydroxyl groups excluding tert-OH is 1. The molecule has 8 N–H and O–H groups in total. The zero-order valence-electron chi connectivity index (χ0n) is 69.1. The normalized spacial score (nSPS) is 13.1. The van der Waals surface area contributed by atoms with Gasteiger partial charge in [0.2, 0.25) is 0 Å². The first kappa shape index (κ1) is 119. The summed E-state index contributed by atoms with van der Waals surface area (Å²) in [5, 5.41) is 45.4. The van der Waals surface area contributed by atoms with Crippen LogP contribution in [0.25, 0.3) is 11.4 Å². The Morgan fingerprint density at radius 1 is 0.667 bits per heavy atom. The average molecular weight is 1930 g/mol. The number of nitrogens with two attached hydrogens (primary N) is 1. The maximum absolute atomic E-state index is 13.5. The van der Waals surface area contributed by atoms with Gasteiger partial charge in [-0.2, -0.15) is 54.4 Å². The van der Waals surface area contributed by atoms with Gasteiger partial charge < -0.3 is 83.0 Å². The monoisotopic (exact) mass is 1930 g/mol. The van der Waals surface area contributed by atoms with Crippen molar-refractivity contribution in [1.82, 2.24) is 64.7 Å². The Morgan fingerprint density at radius 2 is 1.06 bits per heavy atom. The van der Waals surface area contributed by atoms with Gasteiger partial charge in [0.1, 0.15) is 66.1 Å². The first-order valence-electron chi connectivity index (χ1n) is 34.1. The van der Waals surface area contributed by atoms with Gasteiger partial charge in [-0.15, -0.1) is 0 Å². The van der Waals surface area contributed by atoms with Crippen LogP contribution in [-0.2, 0) is 39.1 Å². The van der Waals surface area contributed by atoms with E-state index in [1.54, 1.807) is 101 Å². The Labute approximate surface area is 825 Å². The van der Waals surface area contributed by atoms with E-state index in [2.05, 4.69) is 92.0 Å². The second-order valence-electron chi connectivity index (χ2n) is 22.0. The number of carbonyl (C=O) groups excluding carboxylic acids is 7. The van der Waals surface area contributed by atoms with Gasteiger partial charge in [-0.3, -0.25) is 28.3 Å². The Bertz CT molecular complexity index is 4640. The van der Waals surface area contributed by atoms with Gasteiger partial charge in [-0.05, 0) is 101 Å². The van der Waals surface area contributed by atoms with E-state index in [4.69, 9.17) is 128 Å². The minimum Gasteiger partial charge on any atom is -1.00 e. The number of aromatic carboxylic acids is 1. The average Bonchev–Trinajstić information content (AvgIpc) is 1.64. The number of hydrogen-bond donors (Lipinski definition) is 7. The minimum atomic E-state index is -4.67. The van der Waals surface area contributed by atoms with E-state index in [1.807, 2.05) is 65.0 Å². The molecule has 2 fully saturated rings. The van der Waals surface area contributed by atoms with Crippen molar-refractivity contribution in [3.05, 3.63) is 212 Å². The Hall–Kier alpha value is -7.02. The summed E-state index contributed by atoms with van der Waals surface area (Å²) >= 11 is 24.3. The molecular formula is C73H91Cl4IK2LiN15O23S. The van der Waals surface area contributed by atoms with E-state index in [0.717, 1.165) is 18.6 Å². The van der Waals surface area contributed by atoms with E-state index in [9.17, 15) is 28.8 Å². The molecule has 0 bridgehead atoms. The minimum absolute atomic E-state index is 0. The number of ether oxygens (including phenoxy) is 6. The number of unbranched alkanes of at least 4 members (excludes halogenated alkanes) is 1. The van der Waals surface area contributed by atoms with Crippen molar-refractivity contribution >= 4 is 128 Å². The fourth-order valence-electron chi connectivity index (χ4n) is 9.43. The molecule has 47 heteroatoms. The SMILES string of the molecule is CCO.CCOC(=O)c1c(OC)ccnc1Cl.CCOC(=O)c1c(OC)ccnc1N[C@@H]1C[C@@H](C)N(C(=O)c2ccccc2-n2nccn2)C1.CI.COc1ccnc(Cl)c1.COc1ccnc(Cl)c1C(=O)O.C[C@@H]1C[C@@H](N)CN1C(=O)c1ccccc1-n1nccn1.O=C=O.O=CO[O-].O=S(=O)(O)O.O=c1cc[nH]c(Cl)c1.[CH2-]CCC.[H-].[K+].[K+].[Li+]. The van der Waals surface area contributed by atoms with Crippen molar-refractivity contribution in [3.8, 4) is 34.4 Å². The number of aromatic amines is 1. The number of nitrogens with zero attached hydrogens (tertiary/aromatic N) is 12. The Kier molecular flexibility index (Phi) is 69.0. The number of carboxylic acids is 1. The van der Waals surface area contributed by atoms with Crippen molar-refractivity contribution in [2.45, 2.75) is 91.4 Å². The second-order valence-corrected chi connectivity index (χ2v) is 24.4. The van der Waals surface area contributed by atoms with Gasteiger partial charge in [-0.1, -0.05) is 107 Å². The number of benzene rings is 2. The molecule has 9 aromatic rings. The number of methoxy groups -OCH3 is 4. The van der Waals surface area contributed by atoms with Crippen LogP contribution < -0.4 is 162 Å². The molecule has 38 nitrogen and oxygen atoms in total. The van der Waals surface area contributed by atoms with Crippen molar-refractivity contribution in [3.63, 3.8) is 0 Å². The standard InChI is InChI=1S/C23H26N6O4.C14H17N5O.C9H10ClNO3.C7H6ClNO3.C6H6ClNO.C5H4ClNO.C4H9.C2H6O.CH3I.CH2O3.CO2.2K.Li.H2O4S.H/c1-4-33-23(31)20-19(32-3)9-10-24-21(20)27-16-13-15(2)28(14-16)22(30)17-7-5-6-8-18(17)29-25-11-12-26-29;1-10-8-11(15)9-18(10)14(20)12-4-2-3-5-13(12)19-16-6-7-17-19;1-3-14-9(12)7-6(13-2)4-5-11-8(7)10;1-12-4-2-3-9-6(8)5(4)7(10)11;1-9-5-2-3-8-6(7)4-5;6-5-3-4(8)1-2-7-5;1-3-4-2;1-2-3;1-2;2-1-4-3;2-1-3;;;;1-5(2,3)4;/h5-12,15-16H,4,13-14H2,1-3H3,(H,24,27);2-7,10-11H,8-9,15H2,1H3;4-5H,3H2,1-2H3;2-3H,1H3,(H,10,11);2-4H,1H3;1-3H,(H,7,8);1,3-4H2,2H3;3H,2H2,1H3;1H3;1,3H;;;;;(H2,1,2,3,4);/q;;;;;;-1;;;;;3*+1;;-1/p-1/t15-,16-;10-,11-;;;;;;;;;;;;;;/m11............../s1. The van der Waals surface area contributed by atoms with Crippen LogP contribution in [0, 0.1) is 6.92 Å². The van der Waals surface area contributed by atoms with Gasteiger partial charge in [0.05, 0.1) is 88.9 Å². The number of amides is 2. The van der Waals surface area contributed by atoms with Gasteiger partial charge in [0.15, 0.2) is 5.43 Å². The van der Waals surface area contributed by atoms with E-state index >= 15 is 0 Å². The van der Waals surface area contributed by atoms with Crippen LogP contribution in [0.1, 0.15) is 120 Å². The number of alkyl halides is 1. The predicted molar refractivity (Wildman–Crippen MR) is 438 cm³/mol. The zero-order valence-corrected chi connectivity index (χ0v) is 80.3. The van der Waals surface area contributed by atoms with Crippen LogP contribution in [0.2, 0.25) is 20.6 Å². The quantitative estimate of drug-likeness (QED) is 0.00624. The van der Waals surface area contributed by atoms with Crippen LogP contribution in [0.3, 0.4) is 0 Å². The molecule has 120 heavy (non-hydrogen) atoms. The number of aromatic nitrogens is 11. The first-order chi connectivity index (χ1) is 55.8. The molecule has 0 saturated carbocycles. The van der Waals surface area contributed by atoms with Crippen LogP contribution in [0.15, 0.2) is 152 Å². The molecule has 640 valence electrons. The number of H-pyrrole nitrogens is 1. The number of carboxylic acid groups (broad SMARTS) is 1. The second kappa shape index (κ2) is 69.4. The van der Waals surface area contributed by atoms with Crippen LogP contribution in [0.5, 0.6) is 23.0 Å². The molecule has 0 unspecified atom stereocenters. The summed E-state index contributed by atoms with van der Waals surface area (Å²) in [6.45, 7) is 16.5. The van der Waals surface area contributed by atoms with Gasteiger partial charge in [-0.25, -0.2) is 34.3 Å². The van der Waals surface area contributed by atoms with Crippen LogP contribution >= 0.6 is 69.0 Å². The molecule has 11 rings (SSSR count). The summed E-state index contributed by atoms with van der Waals surface area (Å²) in [7, 11) is 1.24. The number of hydrogen-bond acceptors (Lipinski definition) is 30. The molecule has 2 aliphatic heterocycles. The molecule has 2 amide bonds. The van der Waals surface area contributed by atoms with Crippen LogP contribution in [-0.4, -0.2) is 225 Å². The van der Waals surface area contributed by atoms with Crippen molar-refractivity contribution in [2.24, 2.45) is 5.73 Å². The smallest absolute Gasteiger partial charge is 1.00 e. The van der Waals surface area contributed by atoms with E-state index in [1.165, 1.54) is 74.1 Å². The number of rotatable bonds is 17. The van der Waals surface area contributed by atoms with E-state index in [0.29, 0.717) is 69.6 Å². The fourth-order valence-corrected chi connectivity index (χ4v) is 10.2. The molecule has 0 radical (unpaired) electrons. The molecular weight excluding hydrogens is 1840 g/mol. The Morgan fingerprint density at radius 3 is 1.41 bits per heavy atom. The number of pyridine rings is 5. The number of aliphatic hydroxyl groups is 1. The molecule has 0 aliphatic carbocycles. The summed E-state index contributed by atoms with van der Waals surface area (Å²) in [4.78, 5) is 125. The molecule has 7 aromatic heterocycles. The van der Waals surface area contributed by atoms with E-state index < -0.39 is 28.3 Å². The van der Waals surface area contributed by atoms with Crippen molar-refractivity contribution in [2.75, 3.05) is 71.6 Å². The Balaban J connectivity index is -0.000000444. The first-order valence-corrected chi connectivity index (χ1v) is 39.1. The number of esters is 2. The number of nitrogens with one attached hydrogen (secondary N) is 2. The van der Waals surface area contributed by atoms with Crippen molar-refractivity contribution in [1.29, 1.82) is 0 Å². The molecule has 0 spiro atoms. The predicted octanol–water partition coefficient (Wildman–Crippen LogP) is 0.519. The summed E-state index contributed by atoms with van der Waals surface area (Å²) in [5.41, 5.74) is 8.60. The number of para-hydroxylation sites is 2. The van der Waals surface area contributed by atoms with Gasteiger partial charge in [0.25, 0.3) is 18.3 Å². The fraction of sp³-hybridized carbons (Fsp3) is 0.329. The molecule has 9 heterocycles. The zero-order chi connectivity index (χ0) is 88.6. The number of carbonyl (C=O) groups is 6. The maximum atomic E-state index is 13.5. The molecule has 4 atom stereocenters. The number of anilines is 1. The third-order valence-corrected chi connectivity index (χ3v) is 15.1. The molecule has 2 saturated heterocycles. The maximum Gasteiger partial charge on any atom is 1.00 e. The largest absolute Gasteiger partial charge is 1.00 e. The third kappa shape index (κ3) is 45.9. The van der Waals surface area contributed by atoms with Gasteiger partial charge in [0, 0.05) is 93.0 Å². The van der Waals surface area contributed by atoms with E-state index in [-0.39, 0.29) is 230 Å². The summed E-state index contributed by atoms with van der Waals surface area (Å²) < 4.78 is 61.5. The molecule has 2 aliphatic rings.